The van der Waals surface area contributed by atoms with Crippen molar-refractivity contribution in [3.05, 3.63) is 58.1 Å². The molecular weight excluding hydrogens is 321 g/mol. The summed E-state index contributed by atoms with van der Waals surface area (Å²) in [4.78, 5) is 11.7. The molecule has 0 saturated heterocycles. The van der Waals surface area contributed by atoms with E-state index in [-0.39, 0.29) is 12.2 Å². The van der Waals surface area contributed by atoms with Crippen molar-refractivity contribution in [1.29, 1.82) is 0 Å². The van der Waals surface area contributed by atoms with Crippen molar-refractivity contribution < 1.29 is 13.6 Å². The highest BCUT2D eigenvalue weighted by molar-refractivity contribution is 6.42. The predicted octanol–water partition coefficient (Wildman–Crippen LogP) is 4.32. The molecule has 0 aliphatic carbocycles. The maximum atomic E-state index is 13.0. The average molecular weight is 331 g/mol. The third-order valence-corrected chi connectivity index (χ3v) is 3.32. The number of anilines is 2. The van der Waals surface area contributed by atoms with Crippen molar-refractivity contribution in [1.82, 2.24) is 0 Å². The molecule has 7 heteroatoms. The Hall–Kier alpha value is -1.85. The molecule has 0 unspecified atom stereocenters. The second-order valence-electron chi connectivity index (χ2n) is 4.16. The van der Waals surface area contributed by atoms with Crippen molar-refractivity contribution in [2.45, 2.75) is 0 Å². The molecule has 0 aliphatic heterocycles. The summed E-state index contributed by atoms with van der Waals surface area (Å²) >= 11 is 11.6. The minimum atomic E-state index is -1.02. The molecule has 2 rings (SSSR count). The number of benzene rings is 2. The highest BCUT2D eigenvalue weighted by Gasteiger charge is 2.06. The quantitative estimate of drug-likeness (QED) is 0.876. The summed E-state index contributed by atoms with van der Waals surface area (Å²) in [7, 11) is 0. The number of hydrogen-bond donors (Lipinski definition) is 2. The molecule has 2 N–H and O–H groups in total. The molecule has 0 heterocycles. The molecule has 0 aromatic heterocycles. The van der Waals surface area contributed by atoms with Gasteiger partial charge < -0.3 is 10.6 Å². The van der Waals surface area contributed by atoms with Gasteiger partial charge in [-0.3, -0.25) is 4.79 Å². The van der Waals surface area contributed by atoms with Crippen LogP contribution in [0.4, 0.5) is 20.2 Å². The molecule has 0 radical (unpaired) electrons. The van der Waals surface area contributed by atoms with Crippen LogP contribution in [-0.4, -0.2) is 12.5 Å². The SMILES string of the molecule is O=C(CNc1ccc(Cl)c(Cl)c1)Nc1ccc(F)c(F)c1. The van der Waals surface area contributed by atoms with Crippen LogP contribution < -0.4 is 10.6 Å². The number of carbonyl (C=O) groups excluding carboxylic acids is 1. The van der Waals surface area contributed by atoms with Crippen LogP contribution in [0.1, 0.15) is 0 Å². The zero-order chi connectivity index (χ0) is 15.4. The van der Waals surface area contributed by atoms with Crippen molar-refractivity contribution in [3.63, 3.8) is 0 Å². The molecular formula is C14H10Cl2F2N2O. The first kappa shape index (κ1) is 15.5. The molecule has 21 heavy (non-hydrogen) atoms. The fourth-order valence-electron chi connectivity index (χ4n) is 1.57. The Balaban J connectivity index is 1.92. The maximum absolute atomic E-state index is 13.0. The largest absolute Gasteiger partial charge is 0.376 e. The van der Waals surface area contributed by atoms with Gasteiger partial charge in [-0.2, -0.15) is 0 Å². The predicted molar refractivity (Wildman–Crippen MR) is 79.9 cm³/mol. The molecule has 3 nitrogen and oxygen atoms in total. The van der Waals surface area contributed by atoms with Gasteiger partial charge in [0.05, 0.1) is 16.6 Å². The lowest BCUT2D eigenvalue weighted by atomic mass is 10.3. The van der Waals surface area contributed by atoms with Crippen LogP contribution in [0.3, 0.4) is 0 Å². The minimum Gasteiger partial charge on any atom is -0.376 e. The fraction of sp³-hybridized carbons (Fsp3) is 0.0714. The third kappa shape index (κ3) is 4.31. The Morgan fingerprint density at radius 2 is 1.67 bits per heavy atom. The zero-order valence-corrected chi connectivity index (χ0v) is 12.1. The standard InChI is InChI=1S/C14H10Cl2F2N2O/c15-10-3-1-8(5-11(10)16)19-7-14(21)20-9-2-4-12(17)13(18)6-9/h1-6,19H,7H2,(H,20,21). The van der Waals surface area contributed by atoms with Crippen molar-refractivity contribution >= 4 is 40.5 Å². The van der Waals surface area contributed by atoms with Crippen LogP contribution in [0.2, 0.25) is 10.0 Å². The van der Waals surface area contributed by atoms with E-state index in [2.05, 4.69) is 10.6 Å². The third-order valence-electron chi connectivity index (χ3n) is 2.58. The van der Waals surface area contributed by atoms with Gasteiger partial charge in [-0.05, 0) is 30.3 Å². The van der Waals surface area contributed by atoms with Crippen LogP contribution in [0.25, 0.3) is 0 Å². The number of carbonyl (C=O) groups is 1. The Bertz CT molecular complexity index is 680. The second kappa shape index (κ2) is 6.74. The van der Waals surface area contributed by atoms with Gasteiger partial charge in [-0.15, -0.1) is 0 Å². The Kier molecular flexibility index (Phi) is 4.98. The second-order valence-corrected chi connectivity index (χ2v) is 4.97. The summed E-state index contributed by atoms with van der Waals surface area (Å²) in [5, 5.41) is 6.05. The average Bonchev–Trinajstić information content (AvgIpc) is 2.44. The van der Waals surface area contributed by atoms with Crippen LogP contribution in [0, 0.1) is 11.6 Å². The van der Waals surface area contributed by atoms with E-state index in [1.165, 1.54) is 6.07 Å². The van der Waals surface area contributed by atoms with E-state index in [1.807, 2.05) is 0 Å². The summed E-state index contributed by atoms with van der Waals surface area (Å²) in [6, 6.07) is 7.96. The first-order valence-electron chi connectivity index (χ1n) is 5.89. The Morgan fingerprint density at radius 3 is 2.33 bits per heavy atom. The van der Waals surface area contributed by atoms with E-state index in [9.17, 15) is 13.6 Å². The fourth-order valence-corrected chi connectivity index (χ4v) is 1.87. The Labute approximate surface area is 129 Å². The van der Waals surface area contributed by atoms with Gasteiger partial charge in [-0.1, -0.05) is 23.2 Å². The summed E-state index contributed by atoms with van der Waals surface area (Å²) in [5.74, 6) is -2.40. The van der Waals surface area contributed by atoms with Crippen LogP contribution in [0.5, 0.6) is 0 Å². The van der Waals surface area contributed by atoms with E-state index in [0.29, 0.717) is 15.7 Å². The van der Waals surface area contributed by atoms with Gasteiger partial charge in [0.25, 0.3) is 0 Å². The van der Waals surface area contributed by atoms with E-state index in [0.717, 1.165) is 12.1 Å². The molecule has 0 bridgehead atoms. The minimum absolute atomic E-state index is 0.0586. The Morgan fingerprint density at radius 1 is 0.952 bits per heavy atom. The number of amides is 1. The monoisotopic (exact) mass is 330 g/mol. The molecule has 0 aliphatic rings. The van der Waals surface area contributed by atoms with Crippen molar-refractivity contribution in [2.24, 2.45) is 0 Å². The molecule has 0 atom stereocenters. The lowest BCUT2D eigenvalue weighted by Gasteiger charge is -2.08. The van der Waals surface area contributed by atoms with Gasteiger partial charge in [0.2, 0.25) is 5.91 Å². The molecule has 2 aromatic rings. The van der Waals surface area contributed by atoms with Crippen molar-refractivity contribution in [2.75, 3.05) is 17.2 Å². The summed E-state index contributed by atoms with van der Waals surface area (Å²) in [5.41, 5.74) is 0.791. The van der Waals surface area contributed by atoms with E-state index in [4.69, 9.17) is 23.2 Å². The molecule has 110 valence electrons. The van der Waals surface area contributed by atoms with Gasteiger partial charge >= 0.3 is 0 Å². The smallest absolute Gasteiger partial charge is 0.243 e. The number of hydrogen-bond acceptors (Lipinski definition) is 2. The summed E-state index contributed by atoms with van der Waals surface area (Å²) in [6.07, 6.45) is 0. The first-order chi connectivity index (χ1) is 9.95. The normalized spacial score (nSPS) is 10.3. The van der Waals surface area contributed by atoms with E-state index < -0.39 is 17.5 Å². The van der Waals surface area contributed by atoms with Crippen LogP contribution >= 0.6 is 23.2 Å². The van der Waals surface area contributed by atoms with Gasteiger partial charge in [0, 0.05) is 17.4 Å². The van der Waals surface area contributed by atoms with Crippen molar-refractivity contribution in [3.8, 4) is 0 Å². The van der Waals surface area contributed by atoms with Gasteiger partial charge in [0.1, 0.15) is 0 Å². The van der Waals surface area contributed by atoms with Crippen LogP contribution in [-0.2, 0) is 4.79 Å². The molecule has 2 aromatic carbocycles. The number of nitrogens with one attached hydrogen (secondary N) is 2. The topological polar surface area (TPSA) is 41.1 Å². The summed E-state index contributed by atoms with van der Waals surface area (Å²) < 4.78 is 25.7. The lowest BCUT2D eigenvalue weighted by Crippen LogP contribution is -2.21. The van der Waals surface area contributed by atoms with E-state index >= 15 is 0 Å². The molecule has 0 spiro atoms. The summed E-state index contributed by atoms with van der Waals surface area (Å²) in [6.45, 7) is -0.0586. The van der Waals surface area contributed by atoms with Gasteiger partial charge in [-0.25, -0.2) is 8.78 Å². The maximum Gasteiger partial charge on any atom is 0.243 e. The number of rotatable bonds is 4. The molecule has 0 saturated carbocycles. The van der Waals surface area contributed by atoms with Gasteiger partial charge in [0.15, 0.2) is 11.6 Å². The van der Waals surface area contributed by atoms with E-state index in [1.54, 1.807) is 18.2 Å². The highest BCUT2D eigenvalue weighted by Crippen LogP contribution is 2.24. The van der Waals surface area contributed by atoms with Crippen LogP contribution in [0.15, 0.2) is 36.4 Å². The molecule has 1 amide bonds. The lowest BCUT2D eigenvalue weighted by molar-refractivity contribution is -0.114. The zero-order valence-electron chi connectivity index (χ0n) is 10.6. The molecule has 0 fully saturated rings. The first-order valence-corrected chi connectivity index (χ1v) is 6.65. The highest BCUT2D eigenvalue weighted by atomic mass is 35.5. The number of halogens is 4.